The lowest BCUT2D eigenvalue weighted by atomic mass is 10.4. The molecule has 5 heteroatoms. The first-order chi connectivity index (χ1) is 6.81. The van der Waals surface area contributed by atoms with Crippen LogP contribution in [0.2, 0.25) is 0 Å². The number of hydrogen-bond donors (Lipinski definition) is 1. The molecule has 76 valence electrons. The molecule has 0 bridgehead atoms. The average Bonchev–Trinajstić information content (AvgIpc) is 2.49. The number of aromatic nitrogens is 2. The van der Waals surface area contributed by atoms with Gasteiger partial charge < -0.3 is 14.6 Å². The van der Waals surface area contributed by atoms with Gasteiger partial charge in [0.2, 0.25) is 0 Å². The molecule has 1 aliphatic rings. The fourth-order valence-corrected chi connectivity index (χ4v) is 1.57. The van der Waals surface area contributed by atoms with Crippen molar-refractivity contribution in [1.82, 2.24) is 14.9 Å². The Morgan fingerprint density at radius 3 is 3.36 bits per heavy atom. The molecular weight excluding hydrogens is 182 g/mol. The Kier molecular flexibility index (Phi) is 2.49. The zero-order valence-electron chi connectivity index (χ0n) is 8.12. The Balaban J connectivity index is 2.26. The van der Waals surface area contributed by atoms with E-state index in [4.69, 9.17) is 0 Å². The zero-order chi connectivity index (χ0) is 9.97. The monoisotopic (exact) mass is 195 g/mol. The molecule has 1 aliphatic heterocycles. The van der Waals surface area contributed by atoms with Gasteiger partial charge in [-0.25, -0.2) is 9.78 Å². The Hall–Kier alpha value is -1.36. The summed E-state index contributed by atoms with van der Waals surface area (Å²) in [5.74, 6) is 0.536. The number of methoxy groups -OCH3 is 1. The second-order valence-corrected chi connectivity index (χ2v) is 3.26. The number of rotatable bonds is 1. The summed E-state index contributed by atoms with van der Waals surface area (Å²) in [6.07, 6.45) is 2.82. The number of hydrogen-bond acceptors (Lipinski definition) is 4. The van der Waals surface area contributed by atoms with E-state index in [0.29, 0.717) is 5.69 Å². The molecule has 0 unspecified atom stereocenters. The van der Waals surface area contributed by atoms with Crippen molar-refractivity contribution < 1.29 is 9.53 Å². The summed E-state index contributed by atoms with van der Waals surface area (Å²) < 4.78 is 6.62. The molecular formula is C9H13N3O2. The smallest absolute Gasteiger partial charge is 0.358 e. The number of carbonyl (C=O) groups excluding carboxylic acids is 1. The molecule has 0 spiro atoms. The van der Waals surface area contributed by atoms with E-state index in [1.807, 2.05) is 4.57 Å². The highest BCUT2D eigenvalue weighted by Crippen LogP contribution is 2.08. The number of carbonyl (C=O) groups is 1. The second kappa shape index (κ2) is 3.79. The Bertz CT molecular complexity index is 322. The van der Waals surface area contributed by atoms with Crippen molar-refractivity contribution >= 4 is 5.97 Å². The van der Waals surface area contributed by atoms with Crippen molar-refractivity contribution in [3.8, 4) is 0 Å². The summed E-state index contributed by atoms with van der Waals surface area (Å²) >= 11 is 0. The van der Waals surface area contributed by atoms with E-state index >= 15 is 0 Å². The molecule has 0 saturated carbocycles. The van der Waals surface area contributed by atoms with Gasteiger partial charge in [0.15, 0.2) is 5.69 Å². The highest BCUT2D eigenvalue weighted by Gasteiger charge is 2.15. The summed E-state index contributed by atoms with van der Waals surface area (Å²) in [4.78, 5) is 15.4. The van der Waals surface area contributed by atoms with Gasteiger partial charge in [0.1, 0.15) is 5.82 Å². The first-order valence-electron chi connectivity index (χ1n) is 4.66. The van der Waals surface area contributed by atoms with Crippen LogP contribution in [0.3, 0.4) is 0 Å². The maximum atomic E-state index is 11.2. The number of imidazole rings is 1. The van der Waals surface area contributed by atoms with Crippen LogP contribution in [-0.2, 0) is 17.8 Å². The SMILES string of the molecule is COC(=O)c1cn2c(n1)CNCCC2. The fourth-order valence-electron chi connectivity index (χ4n) is 1.57. The van der Waals surface area contributed by atoms with Crippen LogP contribution in [0.4, 0.5) is 0 Å². The van der Waals surface area contributed by atoms with Gasteiger partial charge in [0.05, 0.1) is 13.7 Å². The van der Waals surface area contributed by atoms with Gasteiger partial charge in [-0.3, -0.25) is 0 Å². The Labute approximate surface area is 82.1 Å². The first-order valence-corrected chi connectivity index (χ1v) is 4.66. The molecule has 0 amide bonds. The lowest BCUT2D eigenvalue weighted by Gasteiger charge is -1.98. The lowest BCUT2D eigenvalue weighted by Crippen LogP contribution is -2.13. The van der Waals surface area contributed by atoms with Crippen molar-refractivity contribution in [3.63, 3.8) is 0 Å². The topological polar surface area (TPSA) is 56.2 Å². The van der Waals surface area contributed by atoms with Crippen LogP contribution in [0.25, 0.3) is 0 Å². The molecule has 1 N–H and O–H groups in total. The second-order valence-electron chi connectivity index (χ2n) is 3.26. The molecule has 0 fully saturated rings. The van der Waals surface area contributed by atoms with Crippen LogP contribution in [-0.4, -0.2) is 29.2 Å². The zero-order valence-corrected chi connectivity index (χ0v) is 8.12. The minimum atomic E-state index is -0.370. The predicted molar refractivity (Wildman–Crippen MR) is 49.9 cm³/mol. The van der Waals surface area contributed by atoms with E-state index in [-0.39, 0.29) is 5.97 Å². The van der Waals surface area contributed by atoms with Crippen LogP contribution in [0.5, 0.6) is 0 Å². The summed E-state index contributed by atoms with van der Waals surface area (Å²) in [5.41, 5.74) is 0.395. The van der Waals surface area contributed by atoms with Crippen LogP contribution in [0, 0.1) is 0 Å². The van der Waals surface area contributed by atoms with E-state index in [2.05, 4.69) is 15.0 Å². The van der Waals surface area contributed by atoms with Gasteiger partial charge in [-0.05, 0) is 13.0 Å². The van der Waals surface area contributed by atoms with Gasteiger partial charge in [-0.15, -0.1) is 0 Å². The van der Waals surface area contributed by atoms with Crippen LogP contribution in [0.1, 0.15) is 22.7 Å². The van der Waals surface area contributed by atoms with Crippen LogP contribution < -0.4 is 5.32 Å². The highest BCUT2D eigenvalue weighted by atomic mass is 16.5. The number of aryl methyl sites for hydroxylation is 1. The fraction of sp³-hybridized carbons (Fsp3) is 0.556. The Morgan fingerprint density at radius 2 is 2.57 bits per heavy atom. The normalized spacial score (nSPS) is 15.8. The standard InChI is InChI=1S/C9H13N3O2/c1-14-9(13)7-6-12-4-2-3-10-5-8(12)11-7/h6,10H,2-5H2,1H3. The van der Waals surface area contributed by atoms with E-state index in [9.17, 15) is 4.79 Å². The average molecular weight is 195 g/mol. The van der Waals surface area contributed by atoms with Crippen LogP contribution in [0.15, 0.2) is 6.20 Å². The number of nitrogens with one attached hydrogen (secondary N) is 1. The van der Waals surface area contributed by atoms with Crippen molar-refractivity contribution in [2.45, 2.75) is 19.5 Å². The van der Waals surface area contributed by atoms with E-state index in [1.165, 1.54) is 7.11 Å². The molecule has 0 saturated heterocycles. The molecule has 2 heterocycles. The summed E-state index contributed by atoms with van der Waals surface area (Å²) in [6.45, 7) is 2.63. The van der Waals surface area contributed by atoms with Gasteiger partial charge in [-0.1, -0.05) is 0 Å². The molecule has 5 nitrogen and oxygen atoms in total. The van der Waals surface area contributed by atoms with Crippen LogP contribution >= 0.6 is 0 Å². The molecule has 1 aromatic rings. The maximum Gasteiger partial charge on any atom is 0.358 e. The molecule has 2 rings (SSSR count). The van der Waals surface area contributed by atoms with Gasteiger partial charge in [-0.2, -0.15) is 0 Å². The lowest BCUT2D eigenvalue weighted by molar-refractivity contribution is 0.0594. The number of ether oxygens (including phenoxy) is 1. The number of fused-ring (bicyclic) bond motifs is 1. The number of nitrogens with zero attached hydrogens (tertiary/aromatic N) is 2. The van der Waals surface area contributed by atoms with Crippen molar-refractivity contribution in [3.05, 3.63) is 17.7 Å². The van der Waals surface area contributed by atoms with Gasteiger partial charge in [0.25, 0.3) is 0 Å². The molecule has 1 aromatic heterocycles. The third kappa shape index (κ3) is 1.63. The third-order valence-electron chi connectivity index (χ3n) is 2.29. The predicted octanol–water partition coefficient (Wildman–Crippen LogP) is 0.163. The minimum absolute atomic E-state index is 0.370. The van der Waals surface area contributed by atoms with Crippen molar-refractivity contribution in [1.29, 1.82) is 0 Å². The molecule has 14 heavy (non-hydrogen) atoms. The summed E-state index contributed by atoms with van der Waals surface area (Å²) in [5, 5.41) is 3.24. The molecule has 0 atom stereocenters. The minimum Gasteiger partial charge on any atom is -0.464 e. The molecule has 0 radical (unpaired) electrons. The Morgan fingerprint density at radius 1 is 1.71 bits per heavy atom. The van der Waals surface area contributed by atoms with Gasteiger partial charge >= 0.3 is 5.97 Å². The first kappa shape index (κ1) is 9.21. The maximum absolute atomic E-state index is 11.2. The van der Waals surface area contributed by atoms with E-state index in [1.54, 1.807) is 6.20 Å². The van der Waals surface area contributed by atoms with Crippen molar-refractivity contribution in [2.24, 2.45) is 0 Å². The van der Waals surface area contributed by atoms with Crippen molar-refractivity contribution in [2.75, 3.05) is 13.7 Å². The summed E-state index contributed by atoms with van der Waals surface area (Å²) in [6, 6.07) is 0. The summed E-state index contributed by atoms with van der Waals surface area (Å²) in [7, 11) is 1.37. The van der Waals surface area contributed by atoms with E-state index < -0.39 is 0 Å². The molecule has 0 aromatic carbocycles. The van der Waals surface area contributed by atoms with E-state index in [0.717, 1.165) is 31.9 Å². The third-order valence-corrected chi connectivity index (χ3v) is 2.29. The van der Waals surface area contributed by atoms with Gasteiger partial charge in [0, 0.05) is 12.7 Å². The number of esters is 1. The largest absolute Gasteiger partial charge is 0.464 e. The molecule has 0 aliphatic carbocycles. The quantitative estimate of drug-likeness (QED) is 0.649. The highest BCUT2D eigenvalue weighted by molar-refractivity contribution is 5.86.